The number of hydrogen-bond acceptors (Lipinski definition) is 3. The van der Waals surface area contributed by atoms with Crippen LogP contribution in [0.3, 0.4) is 0 Å². The molecular formula is C19H35BrN4O. The third-order valence-corrected chi connectivity index (χ3v) is 4.83. The van der Waals surface area contributed by atoms with Crippen molar-refractivity contribution < 1.29 is 4.79 Å². The monoisotopic (exact) mass is 414 g/mol. The SMILES string of the molecule is CCCCCN(CCCCC)CC(C)NC(=O)C(C)n1cc(Br)cn1. The fourth-order valence-corrected chi connectivity index (χ4v) is 3.21. The van der Waals surface area contributed by atoms with Gasteiger partial charge in [0.25, 0.3) is 0 Å². The molecule has 1 aromatic rings. The summed E-state index contributed by atoms with van der Waals surface area (Å²) in [5.74, 6) is 0.0187. The standard InChI is InChI=1S/C19H35BrN4O/c1-5-7-9-11-23(12-10-8-6-2)14-16(3)22-19(25)17(4)24-15-18(20)13-21-24/h13,15-17H,5-12,14H2,1-4H3,(H,22,25). The van der Waals surface area contributed by atoms with E-state index in [0.29, 0.717) is 0 Å². The number of aromatic nitrogens is 2. The molecule has 2 atom stereocenters. The van der Waals surface area contributed by atoms with Crippen LogP contribution in [-0.4, -0.2) is 46.3 Å². The third-order valence-electron chi connectivity index (χ3n) is 4.42. The van der Waals surface area contributed by atoms with Crippen LogP contribution >= 0.6 is 15.9 Å². The summed E-state index contributed by atoms with van der Waals surface area (Å²) in [6.45, 7) is 11.6. The van der Waals surface area contributed by atoms with Crippen molar-refractivity contribution in [2.24, 2.45) is 0 Å². The first-order valence-corrected chi connectivity index (χ1v) is 10.5. The lowest BCUT2D eigenvalue weighted by Crippen LogP contribution is -2.44. The number of nitrogens with zero attached hydrogens (tertiary/aromatic N) is 3. The summed E-state index contributed by atoms with van der Waals surface area (Å²) in [6.07, 6.45) is 11.0. The molecule has 0 saturated carbocycles. The molecular weight excluding hydrogens is 380 g/mol. The highest BCUT2D eigenvalue weighted by atomic mass is 79.9. The number of carbonyl (C=O) groups excluding carboxylic acids is 1. The second kappa shape index (κ2) is 12.5. The van der Waals surface area contributed by atoms with Crippen molar-refractivity contribution >= 4 is 21.8 Å². The molecule has 1 amide bonds. The van der Waals surface area contributed by atoms with Crippen molar-refractivity contribution in [1.29, 1.82) is 0 Å². The van der Waals surface area contributed by atoms with Gasteiger partial charge in [-0.3, -0.25) is 9.48 Å². The second-order valence-corrected chi connectivity index (χ2v) is 7.85. The topological polar surface area (TPSA) is 50.2 Å². The van der Waals surface area contributed by atoms with E-state index >= 15 is 0 Å². The zero-order valence-corrected chi connectivity index (χ0v) is 17.9. The Morgan fingerprint density at radius 1 is 1.20 bits per heavy atom. The van der Waals surface area contributed by atoms with Crippen LogP contribution in [0.1, 0.15) is 72.3 Å². The van der Waals surface area contributed by atoms with E-state index in [-0.39, 0.29) is 18.0 Å². The molecule has 1 rings (SSSR count). The Labute approximate surface area is 161 Å². The highest BCUT2D eigenvalue weighted by Crippen LogP contribution is 2.12. The summed E-state index contributed by atoms with van der Waals surface area (Å²) in [5.41, 5.74) is 0. The average Bonchev–Trinajstić information content (AvgIpc) is 3.00. The second-order valence-electron chi connectivity index (χ2n) is 6.94. The summed E-state index contributed by atoms with van der Waals surface area (Å²) in [6, 6.07) is -0.167. The number of nitrogens with one attached hydrogen (secondary N) is 1. The van der Waals surface area contributed by atoms with E-state index in [0.717, 1.165) is 24.1 Å². The number of amides is 1. The minimum absolute atomic E-state index is 0.0187. The Morgan fingerprint density at radius 3 is 2.28 bits per heavy atom. The summed E-state index contributed by atoms with van der Waals surface area (Å²) >= 11 is 3.37. The lowest BCUT2D eigenvalue weighted by Gasteiger charge is -2.27. The fourth-order valence-electron chi connectivity index (χ4n) is 2.91. The van der Waals surface area contributed by atoms with Crippen molar-refractivity contribution in [3.05, 3.63) is 16.9 Å². The van der Waals surface area contributed by atoms with E-state index in [1.165, 1.54) is 38.5 Å². The van der Waals surface area contributed by atoms with Crippen LogP contribution in [0.25, 0.3) is 0 Å². The quantitative estimate of drug-likeness (QED) is 0.486. The van der Waals surface area contributed by atoms with Crippen LogP contribution in [0, 0.1) is 0 Å². The van der Waals surface area contributed by atoms with Crippen LogP contribution in [0.4, 0.5) is 0 Å². The van der Waals surface area contributed by atoms with Gasteiger partial charge in [-0.1, -0.05) is 39.5 Å². The van der Waals surface area contributed by atoms with Crippen molar-refractivity contribution in [3.8, 4) is 0 Å². The van der Waals surface area contributed by atoms with E-state index in [4.69, 9.17) is 0 Å². The smallest absolute Gasteiger partial charge is 0.244 e. The minimum atomic E-state index is -0.303. The molecule has 1 N–H and O–H groups in total. The van der Waals surface area contributed by atoms with Gasteiger partial charge in [-0.15, -0.1) is 0 Å². The minimum Gasteiger partial charge on any atom is -0.351 e. The van der Waals surface area contributed by atoms with E-state index in [1.54, 1.807) is 10.9 Å². The van der Waals surface area contributed by atoms with Gasteiger partial charge in [0.05, 0.1) is 10.7 Å². The van der Waals surface area contributed by atoms with Gasteiger partial charge in [0.15, 0.2) is 0 Å². The Bertz CT molecular complexity index is 482. The van der Waals surface area contributed by atoms with E-state index in [1.807, 2.05) is 13.1 Å². The van der Waals surface area contributed by atoms with E-state index in [2.05, 4.69) is 52.0 Å². The van der Waals surface area contributed by atoms with Crippen LogP contribution in [0.15, 0.2) is 16.9 Å². The molecule has 0 aliphatic rings. The van der Waals surface area contributed by atoms with E-state index < -0.39 is 0 Å². The van der Waals surface area contributed by atoms with Crippen LogP contribution < -0.4 is 5.32 Å². The largest absolute Gasteiger partial charge is 0.351 e. The van der Waals surface area contributed by atoms with Crippen molar-refractivity contribution in [1.82, 2.24) is 20.0 Å². The summed E-state index contributed by atoms with van der Waals surface area (Å²) in [7, 11) is 0. The van der Waals surface area contributed by atoms with Gasteiger partial charge in [0.2, 0.25) is 5.91 Å². The van der Waals surface area contributed by atoms with Crippen molar-refractivity contribution in [3.63, 3.8) is 0 Å². The summed E-state index contributed by atoms with van der Waals surface area (Å²) in [5, 5.41) is 7.35. The van der Waals surface area contributed by atoms with Gasteiger partial charge in [0.1, 0.15) is 6.04 Å². The maximum Gasteiger partial charge on any atom is 0.244 e. The zero-order valence-electron chi connectivity index (χ0n) is 16.3. The third kappa shape index (κ3) is 8.86. The van der Waals surface area contributed by atoms with Crippen molar-refractivity contribution in [2.45, 2.75) is 78.3 Å². The first-order chi connectivity index (χ1) is 12.0. The van der Waals surface area contributed by atoms with Gasteiger partial charge in [-0.05, 0) is 55.7 Å². The number of halogens is 1. The van der Waals surface area contributed by atoms with Crippen LogP contribution in [0.5, 0.6) is 0 Å². The summed E-state index contributed by atoms with van der Waals surface area (Å²) in [4.78, 5) is 15.0. The molecule has 6 heteroatoms. The predicted molar refractivity (Wildman–Crippen MR) is 108 cm³/mol. The maximum atomic E-state index is 12.5. The Hall–Kier alpha value is -0.880. The molecule has 0 bridgehead atoms. The molecule has 5 nitrogen and oxygen atoms in total. The molecule has 0 aliphatic carbocycles. The molecule has 0 aromatic carbocycles. The zero-order chi connectivity index (χ0) is 18.7. The highest BCUT2D eigenvalue weighted by molar-refractivity contribution is 9.10. The number of carbonyl (C=O) groups is 1. The van der Waals surface area contributed by atoms with Gasteiger partial charge in [0, 0.05) is 18.8 Å². The Kier molecular flexibility index (Phi) is 11.1. The first-order valence-electron chi connectivity index (χ1n) is 9.70. The number of rotatable bonds is 13. The first kappa shape index (κ1) is 22.2. The van der Waals surface area contributed by atoms with Crippen LogP contribution in [-0.2, 0) is 4.79 Å². The molecule has 2 unspecified atom stereocenters. The fraction of sp³-hybridized carbons (Fsp3) is 0.789. The molecule has 0 saturated heterocycles. The number of hydrogen-bond donors (Lipinski definition) is 1. The molecule has 0 fully saturated rings. The molecule has 0 radical (unpaired) electrons. The van der Waals surface area contributed by atoms with Crippen LogP contribution in [0.2, 0.25) is 0 Å². The summed E-state index contributed by atoms with van der Waals surface area (Å²) < 4.78 is 2.57. The van der Waals surface area contributed by atoms with Gasteiger partial charge in [-0.25, -0.2) is 0 Å². The molecule has 0 aliphatic heterocycles. The van der Waals surface area contributed by atoms with Crippen molar-refractivity contribution in [2.75, 3.05) is 19.6 Å². The lowest BCUT2D eigenvalue weighted by atomic mass is 10.2. The normalized spacial score (nSPS) is 13.8. The Balaban J connectivity index is 2.47. The molecule has 144 valence electrons. The average molecular weight is 415 g/mol. The van der Waals surface area contributed by atoms with E-state index in [9.17, 15) is 4.79 Å². The van der Waals surface area contributed by atoms with Gasteiger partial charge < -0.3 is 10.2 Å². The molecule has 0 spiro atoms. The Morgan fingerprint density at radius 2 is 1.80 bits per heavy atom. The predicted octanol–water partition coefficient (Wildman–Crippen LogP) is 4.39. The molecule has 1 heterocycles. The highest BCUT2D eigenvalue weighted by Gasteiger charge is 2.19. The molecule has 25 heavy (non-hydrogen) atoms. The lowest BCUT2D eigenvalue weighted by molar-refractivity contribution is -0.124. The molecule has 1 aromatic heterocycles. The van der Waals surface area contributed by atoms with Gasteiger partial charge >= 0.3 is 0 Å². The van der Waals surface area contributed by atoms with Gasteiger partial charge in [-0.2, -0.15) is 5.10 Å². The number of unbranched alkanes of at least 4 members (excludes halogenated alkanes) is 4. The maximum absolute atomic E-state index is 12.5.